The fourth-order valence-electron chi connectivity index (χ4n) is 2.47. The van der Waals surface area contributed by atoms with Gasteiger partial charge < -0.3 is 20.4 Å². The molecule has 0 bridgehead atoms. The lowest BCUT2D eigenvalue weighted by molar-refractivity contribution is -0.120. The first-order valence-corrected chi connectivity index (χ1v) is 9.24. The number of hydrogen-bond acceptors (Lipinski definition) is 4. The lowest BCUT2D eigenvalue weighted by Gasteiger charge is -2.19. The Morgan fingerprint density at radius 2 is 1.50 bits per heavy atom. The Kier molecular flexibility index (Phi) is 7.37. The minimum Gasteiger partial charge on any atom is -0.459 e. The van der Waals surface area contributed by atoms with Crippen molar-refractivity contribution in [2.45, 2.75) is 32.6 Å². The molecular weight excluding hydrogens is 358 g/mol. The van der Waals surface area contributed by atoms with Gasteiger partial charge in [-0.3, -0.25) is 14.4 Å². The molecule has 0 aliphatic heterocycles. The Morgan fingerprint density at radius 1 is 0.857 bits per heavy atom. The topological polar surface area (TPSA) is 100 Å². The molecule has 7 heteroatoms. The van der Waals surface area contributed by atoms with Crippen LogP contribution in [0.3, 0.4) is 0 Å². The summed E-state index contributed by atoms with van der Waals surface area (Å²) in [6.45, 7) is 7.17. The maximum absolute atomic E-state index is 12.1. The molecule has 0 atom stereocenters. The van der Waals surface area contributed by atoms with E-state index in [4.69, 9.17) is 4.42 Å². The van der Waals surface area contributed by atoms with Gasteiger partial charge >= 0.3 is 0 Å². The van der Waals surface area contributed by atoms with E-state index in [1.54, 1.807) is 24.3 Å². The second-order valence-electron chi connectivity index (χ2n) is 7.42. The Hall–Kier alpha value is -3.09. The van der Waals surface area contributed by atoms with Gasteiger partial charge in [-0.25, -0.2) is 0 Å². The highest BCUT2D eigenvalue weighted by molar-refractivity contribution is 5.94. The Labute approximate surface area is 164 Å². The predicted molar refractivity (Wildman–Crippen MR) is 106 cm³/mol. The number of carbonyl (C=O) groups is 3. The third-order valence-electron chi connectivity index (χ3n) is 4.13. The summed E-state index contributed by atoms with van der Waals surface area (Å²) in [4.78, 5) is 35.6. The van der Waals surface area contributed by atoms with Crippen LogP contribution in [0.5, 0.6) is 0 Å². The molecule has 1 aromatic carbocycles. The van der Waals surface area contributed by atoms with Crippen LogP contribution in [0.15, 0.2) is 47.1 Å². The molecule has 0 fully saturated rings. The van der Waals surface area contributed by atoms with Crippen molar-refractivity contribution < 1.29 is 18.8 Å². The molecule has 0 aliphatic carbocycles. The molecule has 28 heavy (non-hydrogen) atoms. The Balaban J connectivity index is 1.62. The average molecular weight is 385 g/mol. The van der Waals surface area contributed by atoms with Crippen LogP contribution in [0, 0.1) is 0 Å². The van der Waals surface area contributed by atoms with Gasteiger partial charge in [-0.15, -0.1) is 0 Å². The quantitative estimate of drug-likeness (QED) is 0.607. The van der Waals surface area contributed by atoms with Gasteiger partial charge in [0.15, 0.2) is 5.76 Å². The van der Waals surface area contributed by atoms with E-state index in [1.165, 1.54) is 6.26 Å². The predicted octanol–water partition coefficient (Wildman–Crippen LogP) is 2.24. The summed E-state index contributed by atoms with van der Waals surface area (Å²) in [5.74, 6) is -0.511. The van der Waals surface area contributed by atoms with E-state index in [2.05, 4.69) is 36.7 Å². The van der Waals surface area contributed by atoms with Crippen molar-refractivity contribution in [3.05, 3.63) is 59.5 Å². The molecule has 0 spiro atoms. The maximum atomic E-state index is 12.1. The molecule has 1 heterocycles. The zero-order valence-corrected chi connectivity index (χ0v) is 16.5. The van der Waals surface area contributed by atoms with Gasteiger partial charge in [-0.2, -0.15) is 0 Å². The van der Waals surface area contributed by atoms with Gasteiger partial charge in [0.2, 0.25) is 5.91 Å². The smallest absolute Gasteiger partial charge is 0.287 e. The molecule has 150 valence electrons. The van der Waals surface area contributed by atoms with E-state index in [1.807, 2.05) is 12.1 Å². The molecule has 0 saturated carbocycles. The summed E-state index contributed by atoms with van der Waals surface area (Å²) in [6.07, 6.45) is 1.59. The monoisotopic (exact) mass is 385 g/mol. The van der Waals surface area contributed by atoms with Gasteiger partial charge in [-0.05, 0) is 35.2 Å². The summed E-state index contributed by atoms with van der Waals surface area (Å²) in [7, 11) is 0. The van der Waals surface area contributed by atoms with Crippen LogP contribution in [0.2, 0.25) is 0 Å². The molecule has 0 aliphatic rings. The fourth-order valence-corrected chi connectivity index (χ4v) is 2.47. The highest BCUT2D eigenvalue weighted by Gasteiger charge is 2.14. The van der Waals surface area contributed by atoms with E-state index >= 15 is 0 Å². The molecule has 2 aromatic rings. The molecule has 1 aromatic heterocycles. The van der Waals surface area contributed by atoms with Crippen LogP contribution in [-0.2, 0) is 10.2 Å². The maximum Gasteiger partial charge on any atom is 0.287 e. The van der Waals surface area contributed by atoms with Gasteiger partial charge in [0.05, 0.1) is 6.26 Å². The first-order valence-electron chi connectivity index (χ1n) is 9.24. The standard InChI is InChI=1S/C21H27N3O4/c1-21(2,3)16-8-6-15(7-9-16)19(26)23-11-10-18(25)22-12-13-24-20(27)17-5-4-14-28-17/h4-9,14H,10-13H2,1-3H3,(H,22,25)(H,23,26)(H,24,27). The highest BCUT2D eigenvalue weighted by Crippen LogP contribution is 2.22. The summed E-state index contributed by atoms with van der Waals surface area (Å²) in [6, 6.07) is 10.7. The number of nitrogens with one attached hydrogen (secondary N) is 3. The second-order valence-corrected chi connectivity index (χ2v) is 7.42. The summed E-state index contributed by atoms with van der Waals surface area (Å²) < 4.78 is 4.97. The molecule has 3 amide bonds. The van der Waals surface area contributed by atoms with Gasteiger partial charge in [-0.1, -0.05) is 32.9 Å². The number of rotatable bonds is 8. The van der Waals surface area contributed by atoms with Crippen LogP contribution >= 0.6 is 0 Å². The number of hydrogen-bond donors (Lipinski definition) is 3. The van der Waals surface area contributed by atoms with Crippen LogP contribution < -0.4 is 16.0 Å². The largest absolute Gasteiger partial charge is 0.459 e. The van der Waals surface area contributed by atoms with Crippen LogP contribution in [0.25, 0.3) is 0 Å². The molecular formula is C21H27N3O4. The van der Waals surface area contributed by atoms with Crippen molar-refractivity contribution in [3.8, 4) is 0 Å². The van der Waals surface area contributed by atoms with E-state index in [0.29, 0.717) is 12.1 Å². The van der Waals surface area contributed by atoms with E-state index in [-0.39, 0.29) is 48.4 Å². The van der Waals surface area contributed by atoms with Gasteiger partial charge in [0, 0.05) is 31.6 Å². The zero-order chi connectivity index (χ0) is 20.6. The number of carbonyl (C=O) groups excluding carboxylic acids is 3. The Bertz CT molecular complexity index is 790. The third kappa shape index (κ3) is 6.57. The van der Waals surface area contributed by atoms with Gasteiger partial charge in [0.25, 0.3) is 11.8 Å². The minimum atomic E-state index is -0.330. The number of amides is 3. The first-order chi connectivity index (χ1) is 13.3. The second kappa shape index (κ2) is 9.73. The van der Waals surface area contributed by atoms with E-state index in [9.17, 15) is 14.4 Å². The van der Waals surface area contributed by atoms with Gasteiger partial charge in [0.1, 0.15) is 0 Å². The lowest BCUT2D eigenvalue weighted by Crippen LogP contribution is -2.36. The first kappa shape index (κ1) is 21.2. The lowest BCUT2D eigenvalue weighted by atomic mass is 9.87. The molecule has 3 N–H and O–H groups in total. The highest BCUT2D eigenvalue weighted by atomic mass is 16.3. The van der Waals surface area contributed by atoms with Crippen molar-refractivity contribution in [3.63, 3.8) is 0 Å². The third-order valence-corrected chi connectivity index (χ3v) is 4.13. The van der Waals surface area contributed by atoms with Crippen LogP contribution in [0.4, 0.5) is 0 Å². The normalized spacial score (nSPS) is 11.0. The van der Waals surface area contributed by atoms with Crippen molar-refractivity contribution in [2.75, 3.05) is 19.6 Å². The van der Waals surface area contributed by atoms with Crippen molar-refractivity contribution in [1.29, 1.82) is 0 Å². The number of furan rings is 1. The SMILES string of the molecule is CC(C)(C)c1ccc(C(=O)NCCC(=O)NCCNC(=O)c2ccco2)cc1. The van der Waals surface area contributed by atoms with Crippen molar-refractivity contribution >= 4 is 17.7 Å². The molecule has 0 unspecified atom stereocenters. The molecule has 7 nitrogen and oxygen atoms in total. The Morgan fingerprint density at radius 3 is 2.11 bits per heavy atom. The molecule has 2 rings (SSSR count). The zero-order valence-electron chi connectivity index (χ0n) is 16.5. The summed E-state index contributed by atoms with van der Waals surface area (Å²) in [5, 5.41) is 8.05. The molecule has 0 radical (unpaired) electrons. The summed E-state index contributed by atoms with van der Waals surface area (Å²) >= 11 is 0. The van der Waals surface area contributed by atoms with Crippen molar-refractivity contribution in [2.24, 2.45) is 0 Å². The van der Waals surface area contributed by atoms with E-state index < -0.39 is 0 Å². The summed E-state index contributed by atoms with van der Waals surface area (Å²) in [5.41, 5.74) is 1.75. The van der Waals surface area contributed by atoms with Crippen LogP contribution in [0.1, 0.15) is 53.7 Å². The minimum absolute atomic E-state index is 0.0323. The fraction of sp³-hybridized carbons (Fsp3) is 0.381. The van der Waals surface area contributed by atoms with Crippen LogP contribution in [-0.4, -0.2) is 37.4 Å². The average Bonchev–Trinajstić information content (AvgIpc) is 3.19. The van der Waals surface area contributed by atoms with Crippen molar-refractivity contribution in [1.82, 2.24) is 16.0 Å². The number of benzene rings is 1. The molecule has 0 saturated heterocycles. The van der Waals surface area contributed by atoms with E-state index in [0.717, 1.165) is 5.56 Å².